The monoisotopic (exact) mass is 560 g/mol. The number of aryl methyl sites for hydroxylation is 1. The van der Waals surface area contributed by atoms with Gasteiger partial charge >= 0.3 is 0 Å². The fourth-order valence-corrected chi connectivity index (χ4v) is 3.12. The van der Waals surface area contributed by atoms with E-state index in [-0.39, 0.29) is 22.4 Å². The van der Waals surface area contributed by atoms with Crippen LogP contribution in [-0.2, 0) is 29.4 Å². The van der Waals surface area contributed by atoms with Crippen LogP contribution >= 0.6 is 0 Å². The zero-order valence-corrected chi connectivity index (χ0v) is 17.6. The topological polar surface area (TPSA) is 35.9 Å². The Morgan fingerprint density at radius 2 is 1.62 bits per heavy atom. The Kier molecular flexibility index (Phi) is 5.36. The summed E-state index contributed by atoms with van der Waals surface area (Å²) in [5, 5.41) is 0. The van der Waals surface area contributed by atoms with Crippen LogP contribution in [0.25, 0.3) is 22.4 Å². The van der Waals surface area contributed by atoms with E-state index >= 15 is 0 Å². The molecule has 29 heavy (non-hydrogen) atoms. The van der Waals surface area contributed by atoms with Crippen molar-refractivity contribution < 1.29 is 31.7 Å². The van der Waals surface area contributed by atoms with Gasteiger partial charge in [-0.25, -0.2) is 0 Å². The maximum Gasteiger partial charge on any atom is 0.242 e. The molecule has 2 aromatic heterocycles. The number of imidazole rings is 2. The van der Waals surface area contributed by atoms with E-state index in [1.165, 1.54) is 0 Å². The molecule has 0 unspecified atom stereocenters. The van der Waals surface area contributed by atoms with Crippen LogP contribution in [-0.4, -0.2) is 14.1 Å². The second kappa shape index (κ2) is 8.09. The molecule has 0 saturated heterocycles. The van der Waals surface area contributed by atoms with Gasteiger partial charge in [-0.1, -0.05) is 42.3 Å². The molecule has 5 rings (SSSR count). The standard InChI is InChI=1S/C23H15N4O.Au/c1-25-17-27(23-11-3-2-10-22(23)25)19-7-5-9-21(15-19)28-20-8-4-6-18(14-20)26-13-12-24-16-26;/h2-13H,1H3;/q-3;. The second-order valence-electron chi connectivity index (χ2n) is 6.28. The third kappa shape index (κ3) is 3.76. The Hall–Kier alpha value is -3.12. The summed E-state index contributed by atoms with van der Waals surface area (Å²) in [6.45, 7) is 0. The number of nitrogens with zero attached hydrogens (tertiary/aromatic N) is 4. The average Bonchev–Trinajstić information content (AvgIpc) is 3.38. The molecule has 6 heteroatoms. The first-order valence-electron chi connectivity index (χ1n) is 8.81. The van der Waals surface area contributed by atoms with E-state index < -0.39 is 0 Å². The van der Waals surface area contributed by atoms with Crippen LogP contribution in [0, 0.1) is 24.8 Å². The number of benzene rings is 3. The third-order valence-corrected chi connectivity index (χ3v) is 4.42. The maximum atomic E-state index is 6.01. The van der Waals surface area contributed by atoms with Crippen molar-refractivity contribution in [2.75, 3.05) is 0 Å². The largest absolute Gasteiger partial charge is 0.511 e. The van der Waals surface area contributed by atoms with E-state index in [9.17, 15) is 0 Å². The van der Waals surface area contributed by atoms with Crippen LogP contribution in [0.4, 0.5) is 0 Å². The van der Waals surface area contributed by atoms with Crippen LogP contribution < -0.4 is 9.30 Å². The average molecular weight is 560 g/mol. The van der Waals surface area contributed by atoms with Crippen molar-refractivity contribution in [3.63, 3.8) is 0 Å². The second-order valence-corrected chi connectivity index (χ2v) is 6.28. The Morgan fingerprint density at radius 3 is 2.38 bits per heavy atom. The van der Waals surface area contributed by atoms with Gasteiger partial charge in [-0.3, -0.25) is 0 Å². The molecular formula is C23H15AuN4O-3. The summed E-state index contributed by atoms with van der Waals surface area (Å²) < 4.78 is 11.7. The number of rotatable bonds is 4. The van der Waals surface area contributed by atoms with Gasteiger partial charge in [-0.05, 0) is 0 Å². The molecule has 0 amide bonds. The molecule has 0 spiro atoms. The fourth-order valence-electron chi connectivity index (χ4n) is 3.12. The molecule has 0 N–H and O–H groups in total. The molecule has 147 valence electrons. The number of para-hydroxylation sites is 2. The maximum absolute atomic E-state index is 6.01. The number of hydrogen-bond acceptors (Lipinski definition) is 2. The van der Waals surface area contributed by atoms with Crippen molar-refractivity contribution in [2.45, 2.75) is 0 Å². The predicted molar refractivity (Wildman–Crippen MR) is 103 cm³/mol. The van der Waals surface area contributed by atoms with E-state index in [1.54, 1.807) is 10.8 Å². The normalized spacial score (nSPS) is 10.7. The van der Waals surface area contributed by atoms with Crippen LogP contribution in [0.15, 0.2) is 73.1 Å². The van der Waals surface area contributed by atoms with Crippen LogP contribution in [0.2, 0.25) is 0 Å². The molecule has 2 heterocycles. The van der Waals surface area contributed by atoms with Gasteiger partial charge < -0.3 is 23.4 Å². The molecule has 0 atom stereocenters. The molecule has 0 aliphatic rings. The minimum atomic E-state index is 0. The molecule has 0 fully saturated rings. The molecule has 1 radical (unpaired) electrons. The minimum Gasteiger partial charge on any atom is -0.511 e. The van der Waals surface area contributed by atoms with Gasteiger partial charge in [0.1, 0.15) is 0 Å². The first kappa shape index (κ1) is 19.2. The smallest absolute Gasteiger partial charge is 0.242 e. The van der Waals surface area contributed by atoms with Gasteiger partial charge in [-0.2, -0.15) is 30.3 Å². The third-order valence-electron chi connectivity index (χ3n) is 4.42. The van der Waals surface area contributed by atoms with Crippen LogP contribution in [0.1, 0.15) is 0 Å². The minimum absolute atomic E-state index is 0. The van der Waals surface area contributed by atoms with Gasteiger partial charge in [0.05, 0.1) is 18.1 Å². The van der Waals surface area contributed by atoms with Crippen molar-refractivity contribution >= 4 is 11.0 Å². The van der Waals surface area contributed by atoms with E-state index in [2.05, 4.69) is 41.9 Å². The first-order chi connectivity index (χ1) is 13.8. The summed E-state index contributed by atoms with van der Waals surface area (Å²) in [5.74, 6) is 1.20. The number of aromatic nitrogens is 4. The molecule has 0 aliphatic heterocycles. The van der Waals surface area contributed by atoms with Crippen LogP contribution in [0.5, 0.6) is 11.5 Å². The van der Waals surface area contributed by atoms with Crippen molar-refractivity contribution in [2.24, 2.45) is 7.05 Å². The summed E-state index contributed by atoms with van der Waals surface area (Å²) >= 11 is 0. The van der Waals surface area contributed by atoms with Gasteiger partial charge in [0.15, 0.2) is 0 Å². The van der Waals surface area contributed by atoms with Gasteiger partial charge in [0.2, 0.25) is 6.33 Å². The zero-order valence-electron chi connectivity index (χ0n) is 15.4. The molecule has 0 aliphatic carbocycles. The summed E-state index contributed by atoms with van der Waals surface area (Å²) in [5.41, 5.74) is 3.82. The predicted octanol–water partition coefficient (Wildman–Crippen LogP) is 3.63. The van der Waals surface area contributed by atoms with Gasteiger partial charge in [0, 0.05) is 40.2 Å². The molecular weight excluding hydrogens is 545 g/mol. The molecule has 0 bridgehead atoms. The molecule has 5 nitrogen and oxygen atoms in total. The quantitative estimate of drug-likeness (QED) is 0.191. The number of ether oxygens (including phenoxy) is 1. The van der Waals surface area contributed by atoms with Crippen molar-refractivity contribution in [1.29, 1.82) is 0 Å². The number of hydrogen-bond donors (Lipinski definition) is 0. The van der Waals surface area contributed by atoms with Gasteiger partial charge in [0.25, 0.3) is 0 Å². The summed E-state index contributed by atoms with van der Waals surface area (Å²) in [4.78, 5) is 3.95. The first-order valence-corrected chi connectivity index (χ1v) is 8.81. The zero-order chi connectivity index (χ0) is 18.9. The SMILES string of the molecule is C[n+]1[c-]n(-c2[c-]c(Oc3[c-]c(-n4[c-]ncc4)ccc3)ccc2)c2ccccc21.[Au]. The van der Waals surface area contributed by atoms with E-state index in [0.29, 0.717) is 11.5 Å². The van der Waals surface area contributed by atoms with Crippen molar-refractivity contribution in [3.8, 4) is 22.9 Å². The Bertz CT molecular complexity index is 1260. The van der Waals surface area contributed by atoms with E-state index in [1.807, 2.05) is 70.9 Å². The van der Waals surface area contributed by atoms with Crippen molar-refractivity contribution in [1.82, 2.24) is 14.1 Å². The molecule has 5 aromatic rings. The Balaban J connectivity index is 0.00000205. The van der Waals surface area contributed by atoms with Gasteiger partial charge in [-0.15, -0.1) is 23.9 Å². The Labute approximate surface area is 184 Å². The fraction of sp³-hybridized carbons (Fsp3) is 0.0435. The molecule has 3 aromatic carbocycles. The Morgan fingerprint density at radius 1 is 0.897 bits per heavy atom. The van der Waals surface area contributed by atoms with E-state index in [0.717, 1.165) is 22.4 Å². The van der Waals surface area contributed by atoms with Crippen molar-refractivity contribution in [3.05, 3.63) is 97.8 Å². The molecule has 0 saturated carbocycles. The van der Waals surface area contributed by atoms with Crippen LogP contribution in [0.3, 0.4) is 0 Å². The summed E-state index contributed by atoms with van der Waals surface area (Å²) in [6, 6.07) is 26.2. The number of fused-ring (bicyclic) bond motifs is 1. The summed E-state index contributed by atoms with van der Waals surface area (Å²) in [6.07, 6.45) is 9.66. The summed E-state index contributed by atoms with van der Waals surface area (Å²) in [7, 11) is 1.98. The van der Waals surface area contributed by atoms with E-state index in [4.69, 9.17) is 4.74 Å².